The van der Waals surface area contributed by atoms with E-state index in [0.29, 0.717) is 5.16 Å². The van der Waals surface area contributed by atoms with E-state index in [1.165, 1.54) is 11.8 Å². The Hall–Kier alpha value is -3.71. The van der Waals surface area contributed by atoms with Crippen molar-refractivity contribution in [3.63, 3.8) is 0 Å². The molecule has 0 aliphatic rings. The van der Waals surface area contributed by atoms with Crippen molar-refractivity contribution in [3.05, 3.63) is 96.1 Å². The van der Waals surface area contributed by atoms with Crippen LogP contribution in [-0.4, -0.2) is 31.4 Å². The maximum atomic E-state index is 12.5. The van der Waals surface area contributed by atoms with Crippen molar-refractivity contribution in [1.82, 2.24) is 19.7 Å². The van der Waals surface area contributed by atoms with Crippen LogP contribution in [0.2, 0.25) is 0 Å². The molecule has 31 heavy (non-hydrogen) atoms. The first-order chi connectivity index (χ1) is 15.2. The van der Waals surface area contributed by atoms with Gasteiger partial charge in [-0.05, 0) is 55.0 Å². The van der Waals surface area contributed by atoms with E-state index >= 15 is 0 Å². The average Bonchev–Trinajstić information content (AvgIpc) is 3.18. The highest BCUT2D eigenvalue weighted by Gasteiger charge is 2.13. The van der Waals surface area contributed by atoms with Gasteiger partial charge < -0.3 is 5.32 Å². The lowest BCUT2D eigenvalue weighted by Gasteiger charge is -2.09. The summed E-state index contributed by atoms with van der Waals surface area (Å²) in [5.41, 5.74) is 3.58. The number of aromatic nitrogens is 4. The van der Waals surface area contributed by atoms with E-state index in [2.05, 4.69) is 20.5 Å². The largest absolute Gasteiger partial charge is 0.325 e. The number of rotatable bonds is 7. The number of benzene rings is 2. The van der Waals surface area contributed by atoms with E-state index in [0.717, 1.165) is 28.5 Å². The van der Waals surface area contributed by atoms with Crippen LogP contribution in [0, 0.1) is 6.92 Å². The molecule has 0 unspecified atom stereocenters. The molecule has 0 aliphatic heterocycles. The zero-order valence-corrected chi connectivity index (χ0v) is 17.8. The second-order valence-electron chi connectivity index (χ2n) is 6.75. The number of hydrogen-bond donors (Lipinski definition) is 1. The lowest BCUT2D eigenvalue weighted by Crippen LogP contribution is -2.14. The first-order valence-corrected chi connectivity index (χ1v) is 10.8. The van der Waals surface area contributed by atoms with Crippen LogP contribution in [0.1, 0.15) is 17.1 Å². The number of carbonyl (C=O) groups excluding carboxylic acids is 1. The summed E-state index contributed by atoms with van der Waals surface area (Å²) in [6.45, 7) is 1.90. The highest BCUT2D eigenvalue weighted by atomic mass is 32.2. The summed E-state index contributed by atoms with van der Waals surface area (Å²) in [5.74, 6) is 0.913. The Balaban J connectivity index is 1.39. The van der Waals surface area contributed by atoms with Gasteiger partial charge in [0, 0.05) is 17.6 Å². The van der Waals surface area contributed by atoms with Gasteiger partial charge in [-0.1, -0.05) is 54.2 Å². The molecule has 0 saturated carbocycles. The molecule has 2 heterocycles. The van der Waals surface area contributed by atoms with Crippen molar-refractivity contribution in [2.75, 3.05) is 11.1 Å². The monoisotopic (exact) mass is 427 g/mol. The summed E-state index contributed by atoms with van der Waals surface area (Å²) in [6, 6.07) is 23.3. The highest BCUT2D eigenvalue weighted by molar-refractivity contribution is 7.99. The van der Waals surface area contributed by atoms with E-state index in [4.69, 9.17) is 0 Å². The topological polar surface area (TPSA) is 72.7 Å². The minimum absolute atomic E-state index is 0.101. The SMILES string of the molecule is Cc1nnc(SCC(=O)Nc2cccc(/C=C/c3ccccn3)c2)n1-c1ccccc1. The number of aryl methyl sites for hydroxylation is 1. The first-order valence-electron chi connectivity index (χ1n) is 9.78. The summed E-state index contributed by atoms with van der Waals surface area (Å²) >= 11 is 1.36. The highest BCUT2D eigenvalue weighted by Crippen LogP contribution is 2.22. The van der Waals surface area contributed by atoms with Crippen molar-refractivity contribution in [3.8, 4) is 5.69 Å². The molecule has 4 rings (SSSR count). The number of hydrogen-bond acceptors (Lipinski definition) is 5. The number of carbonyl (C=O) groups is 1. The fourth-order valence-electron chi connectivity index (χ4n) is 3.01. The van der Waals surface area contributed by atoms with Gasteiger partial charge in [0.25, 0.3) is 0 Å². The van der Waals surface area contributed by atoms with Crippen LogP contribution in [-0.2, 0) is 4.79 Å². The Kier molecular flexibility index (Phi) is 6.54. The number of para-hydroxylation sites is 1. The van der Waals surface area contributed by atoms with Gasteiger partial charge >= 0.3 is 0 Å². The first kappa shape index (κ1) is 20.6. The molecule has 1 N–H and O–H groups in total. The molecule has 154 valence electrons. The summed E-state index contributed by atoms with van der Waals surface area (Å²) in [4.78, 5) is 16.8. The molecule has 0 fully saturated rings. The molecule has 0 spiro atoms. The summed E-state index contributed by atoms with van der Waals surface area (Å²) < 4.78 is 1.95. The Morgan fingerprint density at radius 1 is 1.00 bits per heavy atom. The van der Waals surface area contributed by atoms with Crippen LogP contribution in [0.3, 0.4) is 0 Å². The fourth-order valence-corrected chi connectivity index (χ4v) is 3.81. The summed E-state index contributed by atoms with van der Waals surface area (Å²) in [6.07, 6.45) is 5.67. The molecule has 6 nitrogen and oxygen atoms in total. The van der Waals surface area contributed by atoms with Gasteiger partial charge in [-0.2, -0.15) is 0 Å². The minimum atomic E-state index is -0.101. The molecule has 7 heteroatoms. The van der Waals surface area contributed by atoms with Gasteiger partial charge in [0.05, 0.1) is 11.4 Å². The molecular weight excluding hydrogens is 406 g/mol. The predicted molar refractivity (Wildman–Crippen MR) is 125 cm³/mol. The van der Waals surface area contributed by atoms with Gasteiger partial charge in [0.15, 0.2) is 5.16 Å². The predicted octanol–water partition coefficient (Wildman–Crippen LogP) is 4.87. The van der Waals surface area contributed by atoms with E-state index in [-0.39, 0.29) is 11.7 Å². The number of amides is 1. The molecule has 4 aromatic rings. The van der Waals surface area contributed by atoms with Crippen LogP contribution in [0.15, 0.2) is 84.1 Å². The molecule has 0 atom stereocenters. The van der Waals surface area contributed by atoms with Gasteiger partial charge in [0.1, 0.15) is 5.82 Å². The Labute approximate surface area is 185 Å². The molecular formula is C24H21N5OS. The van der Waals surface area contributed by atoms with Crippen LogP contribution >= 0.6 is 11.8 Å². The zero-order valence-electron chi connectivity index (χ0n) is 17.0. The number of nitrogens with zero attached hydrogens (tertiary/aromatic N) is 4. The van der Waals surface area contributed by atoms with E-state index in [1.54, 1.807) is 6.20 Å². The lowest BCUT2D eigenvalue weighted by atomic mass is 10.1. The fraction of sp³-hybridized carbons (Fsp3) is 0.0833. The number of anilines is 1. The molecule has 0 bridgehead atoms. The van der Waals surface area contributed by atoms with Crippen molar-refractivity contribution in [2.24, 2.45) is 0 Å². The lowest BCUT2D eigenvalue weighted by molar-refractivity contribution is -0.113. The van der Waals surface area contributed by atoms with E-state index < -0.39 is 0 Å². The van der Waals surface area contributed by atoms with Gasteiger partial charge in [-0.25, -0.2) is 0 Å². The van der Waals surface area contributed by atoms with Crippen LogP contribution < -0.4 is 5.32 Å². The number of thioether (sulfide) groups is 1. The van der Waals surface area contributed by atoms with Crippen LogP contribution in [0.5, 0.6) is 0 Å². The quantitative estimate of drug-likeness (QED) is 0.426. The second kappa shape index (κ2) is 9.86. The average molecular weight is 428 g/mol. The normalized spacial score (nSPS) is 11.0. The van der Waals surface area contributed by atoms with E-state index in [1.807, 2.05) is 96.4 Å². The Morgan fingerprint density at radius 2 is 1.84 bits per heavy atom. The van der Waals surface area contributed by atoms with Gasteiger partial charge in [-0.3, -0.25) is 14.3 Å². The number of nitrogens with one attached hydrogen (secondary N) is 1. The minimum Gasteiger partial charge on any atom is -0.325 e. The van der Waals surface area contributed by atoms with Crippen molar-refractivity contribution < 1.29 is 4.79 Å². The summed E-state index contributed by atoms with van der Waals surface area (Å²) in [7, 11) is 0. The molecule has 0 aliphatic carbocycles. The summed E-state index contributed by atoms with van der Waals surface area (Å²) in [5, 5.41) is 12.0. The molecule has 1 amide bonds. The zero-order chi connectivity index (χ0) is 21.5. The molecule has 0 radical (unpaired) electrons. The van der Waals surface area contributed by atoms with Crippen molar-refractivity contribution in [2.45, 2.75) is 12.1 Å². The third-order valence-corrected chi connectivity index (χ3v) is 5.38. The maximum Gasteiger partial charge on any atom is 0.234 e. The maximum absolute atomic E-state index is 12.5. The number of pyridine rings is 1. The molecule has 2 aromatic heterocycles. The third kappa shape index (κ3) is 5.46. The Morgan fingerprint density at radius 3 is 2.65 bits per heavy atom. The van der Waals surface area contributed by atoms with Crippen LogP contribution in [0.25, 0.3) is 17.8 Å². The van der Waals surface area contributed by atoms with Gasteiger partial charge in [-0.15, -0.1) is 10.2 Å². The third-order valence-electron chi connectivity index (χ3n) is 4.45. The van der Waals surface area contributed by atoms with Crippen molar-refractivity contribution in [1.29, 1.82) is 0 Å². The van der Waals surface area contributed by atoms with Crippen molar-refractivity contribution >= 4 is 35.5 Å². The second-order valence-corrected chi connectivity index (χ2v) is 7.69. The van der Waals surface area contributed by atoms with E-state index in [9.17, 15) is 4.79 Å². The standard InChI is InChI=1S/C24H21N5OS/c1-18-27-28-24(29(18)22-11-3-2-4-12-22)31-17-23(30)26-21-10-7-8-19(16-21)13-14-20-9-5-6-15-25-20/h2-16H,17H2,1H3,(H,26,30)/b14-13+. The van der Waals surface area contributed by atoms with Gasteiger partial charge in [0.2, 0.25) is 5.91 Å². The molecule has 2 aromatic carbocycles. The smallest absolute Gasteiger partial charge is 0.234 e. The Bertz CT molecular complexity index is 1190. The molecule has 0 saturated heterocycles. The van der Waals surface area contributed by atoms with Crippen LogP contribution in [0.4, 0.5) is 5.69 Å².